The van der Waals surface area contributed by atoms with Crippen LogP contribution in [0.2, 0.25) is 5.02 Å². The first-order valence-corrected chi connectivity index (χ1v) is 6.98. The van der Waals surface area contributed by atoms with Crippen molar-refractivity contribution in [2.24, 2.45) is 0 Å². The topological polar surface area (TPSA) is 66.6 Å². The standard InChI is InChI=1S/C14H19ClN2O2/c15-10-5-6-13(16)12(9-10)14(19)17-7-1-3-11(17)4-2-8-18/h5-6,9,11,18H,1-4,7-8,16H2. The number of nitrogen functional groups attached to an aromatic ring is 1. The van der Waals surface area contributed by atoms with Gasteiger partial charge in [0.15, 0.2) is 0 Å². The Morgan fingerprint density at radius 3 is 3.05 bits per heavy atom. The molecular formula is C14H19ClN2O2. The van der Waals surface area contributed by atoms with Gasteiger partial charge in [0.1, 0.15) is 0 Å². The Bertz CT molecular complexity index is 465. The third kappa shape index (κ3) is 3.19. The van der Waals surface area contributed by atoms with Crippen molar-refractivity contribution in [2.45, 2.75) is 31.7 Å². The number of aliphatic hydroxyl groups excluding tert-OH is 1. The van der Waals surface area contributed by atoms with Gasteiger partial charge in [0.05, 0.1) is 5.56 Å². The monoisotopic (exact) mass is 282 g/mol. The van der Waals surface area contributed by atoms with Gasteiger partial charge in [-0.2, -0.15) is 0 Å². The zero-order chi connectivity index (χ0) is 13.8. The number of likely N-dealkylation sites (tertiary alicyclic amines) is 1. The van der Waals surface area contributed by atoms with E-state index in [2.05, 4.69) is 0 Å². The predicted octanol–water partition coefficient (Wildman–Crippen LogP) is 2.30. The third-order valence-corrected chi connectivity index (χ3v) is 3.81. The number of anilines is 1. The van der Waals surface area contributed by atoms with Crippen molar-refractivity contribution in [1.29, 1.82) is 0 Å². The summed E-state index contributed by atoms with van der Waals surface area (Å²) in [5.74, 6) is -0.0551. The maximum Gasteiger partial charge on any atom is 0.256 e. The summed E-state index contributed by atoms with van der Waals surface area (Å²) in [7, 11) is 0. The highest BCUT2D eigenvalue weighted by Gasteiger charge is 2.29. The van der Waals surface area contributed by atoms with Crippen molar-refractivity contribution in [3.63, 3.8) is 0 Å². The summed E-state index contributed by atoms with van der Waals surface area (Å²) in [6.07, 6.45) is 3.55. The molecule has 1 aromatic carbocycles. The molecule has 0 radical (unpaired) electrons. The van der Waals surface area contributed by atoms with E-state index in [9.17, 15) is 4.79 Å². The van der Waals surface area contributed by atoms with Crippen LogP contribution in [-0.4, -0.2) is 35.1 Å². The number of carbonyl (C=O) groups is 1. The Labute approximate surface area is 118 Å². The van der Waals surface area contributed by atoms with Crippen LogP contribution in [0.3, 0.4) is 0 Å². The van der Waals surface area contributed by atoms with Crippen LogP contribution >= 0.6 is 11.6 Å². The third-order valence-electron chi connectivity index (χ3n) is 3.58. The van der Waals surface area contributed by atoms with Crippen molar-refractivity contribution in [3.8, 4) is 0 Å². The minimum Gasteiger partial charge on any atom is -0.398 e. The number of hydrogen-bond donors (Lipinski definition) is 2. The summed E-state index contributed by atoms with van der Waals surface area (Å²) < 4.78 is 0. The molecule has 1 unspecified atom stereocenters. The van der Waals surface area contributed by atoms with E-state index < -0.39 is 0 Å². The number of nitrogens with two attached hydrogens (primary N) is 1. The van der Waals surface area contributed by atoms with E-state index >= 15 is 0 Å². The number of nitrogens with zero attached hydrogens (tertiary/aromatic N) is 1. The molecule has 0 aliphatic carbocycles. The zero-order valence-corrected chi connectivity index (χ0v) is 11.6. The highest BCUT2D eigenvalue weighted by molar-refractivity contribution is 6.31. The lowest BCUT2D eigenvalue weighted by Crippen LogP contribution is -2.36. The fourth-order valence-corrected chi connectivity index (χ4v) is 2.77. The van der Waals surface area contributed by atoms with Gasteiger partial charge in [-0.25, -0.2) is 0 Å². The minimum atomic E-state index is -0.0551. The Hall–Kier alpha value is -1.26. The average Bonchev–Trinajstić information content (AvgIpc) is 2.86. The number of carbonyl (C=O) groups excluding carboxylic acids is 1. The Morgan fingerprint density at radius 2 is 2.32 bits per heavy atom. The molecule has 104 valence electrons. The zero-order valence-electron chi connectivity index (χ0n) is 10.8. The van der Waals surface area contributed by atoms with E-state index in [1.807, 2.05) is 4.90 Å². The van der Waals surface area contributed by atoms with E-state index in [1.165, 1.54) is 0 Å². The van der Waals surface area contributed by atoms with Crippen molar-refractivity contribution < 1.29 is 9.90 Å². The fourth-order valence-electron chi connectivity index (χ4n) is 2.60. The lowest BCUT2D eigenvalue weighted by Gasteiger charge is -2.25. The minimum absolute atomic E-state index is 0.0551. The molecule has 1 aliphatic heterocycles. The Kier molecular flexibility index (Phi) is 4.66. The van der Waals surface area contributed by atoms with Gasteiger partial charge in [0, 0.05) is 29.9 Å². The molecule has 1 aromatic rings. The second-order valence-corrected chi connectivity index (χ2v) is 5.33. The lowest BCUT2D eigenvalue weighted by molar-refractivity contribution is 0.0725. The second-order valence-electron chi connectivity index (χ2n) is 4.89. The molecule has 19 heavy (non-hydrogen) atoms. The molecule has 0 bridgehead atoms. The summed E-state index contributed by atoms with van der Waals surface area (Å²) in [4.78, 5) is 14.4. The molecule has 1 heterocycles. The number of rotatable bonds is 4. The molecule has 1 atom stereocenters. The average molecular weight is 283 g/mol. The molecule has 2 rings (SSSR count). The summed E-state index contributed by atoms with van der Waals surface area (Å²) in [6, 6.07) is 5.17. The van der Waals surface area contributed by atoms with Crippen LogP contribution in [0.25, 0.3) is 0 Å². The summed E-state index contributed by atoms with van der Waals surface area (Å²) >= 11 is 5.93. The molecule has 0 saturated carbocycles. The molecular weight excluding hydrogens is 264 g/mol. The fraction of sp³-hybridized carbons (Fsp3) is 0.500. The number of amides is 1. The molecule has 4 nitrogen and oxygen atoms in total. The SMILES string of the molecule is Nc1ccc(Cl)cc1C(=O)N1CCCC1CCCO. The normalized spacial score (nSPS) is 18.8. The van der Waals surface area contributed by atoms with E-state index in [0.717, 1.165) is 32.2 Å². The van der Waals surface area contributed by atoms with Gasteiger partial charge in [0.25, 0.3) is 5.91 Å². The Morgan fingerprint density at radius 1 is 1.53 bits per heavy atom. The van der Waals surface area contributed by atoms with Crippen LogP contribution < -0.4 is 5.73 Å². The lowest BCUT2D eigenvalue weighted by atomic mass is 10.1. The van der Waals surface area contributed by atoms with Crippen LogP contribution in [-0.2, 0) is 0 Å². The maximum absolute atomic E-state index is 12.5. The van der Waals surface area contributed by atoms with Crippen molar-refractivity contribution in [3.05, 3.63) is 28.8 Å². The molecule has 1 saturated heterocycles. The first-order valence-electron chi connectivity index (χ1n) is 6.60. The molecule has 3 N–H and O–H groups in total. The first-order chi connectivity index (χ1) is 9.13. The van der Waals surface area contributed by atoms with E-state index in [1.54, 1.807) is 18.2 Å². The van der Waals surface area contributed by atoms with Crippen molar-refractivity contribution >= 4 is 23.2 Å². The van der Waals surface area contributed by atoms with Crippen molar-refractivity contribution in [1.82, 2.24) is 4.90 Å². The van der Waals surface area contributed by atoms with Crippen LogP contribution in [0.1, 0.15) is 36.0 Å². The molecule has 1 fully saturated rings. The Balaban J connectivity index is 2.16. The van der Waals surface area contributed by atoms with Crippen LogP contribution in [0, 0.1) is 0 Å². The van der Waals surface area contributed by atoms with Gasteiger partial charge in [-0.15, -0.1) is 0 Å². The van der Waals surface area contributed by atoms with E-state index in [-0.39, 0.29) is 18.6 Å². The highest BCUT2D eigenvalue weighted by atomic mass is 35.5. The molecule has 0 aromatic heterocycles. The molecule has 1 amide bonds. The molecule has 1 aliphatic rings. The van der Waals surface area contributed by atoms with Gasteiger partial charge in [0.2, 0.25) is 0 Å². The summed E-state index contributed by atoms with van der Waals surface area (Å²) in [5, 5.41) is 9.43. The van der Waals surface area contributed by atoms with Crippen LogP contribution in [0.4, 0.5) is 5.69 Å². The van der Waals surface area contributed by atoms with Crippen LogP contribution in [0.5, 0.6) is 0 Å². The number of hydrogen-bond acceptors (Lipinski definition) is 3. The van der Waals surface area contributed by atoms with Gasteiger partial charge < -0.3 is 15.7 Å². The number of aliphatic hydroxyl groups is 1. The quantitative estimate of drug-likeness (QED) is 0.833. The van der Waals surface area contributed by atoms with Gasteiger partial charge in [-0.05, 0) is 43.9 Å². The van der Waals surface area contributed by atoms with E-state index in [4.69, 9.17) is 22.4 Å². The van der Waals surface area contributed by atoms with Gasteiger partial charge in [-0.3, -0.25) is 4.79 Å². The molecule has 5 heteroatoms. The maximum atomic E-state index is 12.5. The predicted molar refractivity (Wildman–Crippen MR) is 76.2 cm³/mol. The highest BCUT2D eigenvalue weighted by Crippen LogP contribution is 2.26. The number of halogens is 1. The van der Waals surface area contributed by atoms with E-state index in [0.29, 0.717) is 16.3 Å². The summed E-state index contributed by atoms with van der Waals surface area (Å²) in [5.41, 5.74) is 6.79. The first kappa shape index (κ1) is 14.2. The second kappa shape index (κ2) is 6.26. The molecule has 0 spiro atoms. The summed E-state index contributed by atoms with van der Waals surface area (Å²) in [6.45, 7) is 0.915. The van der Waals surface area contributed by atoms with Crippen molar-refractivity contribution in [2.75, 3.05) is 18.9 Å². The van der Waals surface area contributed by atoms with Gasteiger partial charge >= 0.3 is 0 Å². The smallest absolute Gasteiger partial charge is 0.256 e. The largest absolute Gasteiger partial charge is 0.398 e. The number of benzene rings is 1. The van der Waals surface area contributed by atoms with Gasteiger partial charge in [-0.1, -0.05) is 11.6 Å². The van der Waals surface area contributed by atoms with Crippen LogP contribution in [0.15, 0.2) is 18.2 Å².